The van der Waals surface area contributed by atoms with Crippen molar-refractivity contribution < 1.29 is 18.3 Å². The minimum Gasteiger partial charge on any atom is -0.393 e. The van der Waals surface area contributed by atoms with Crippen LogP contribution in [0.1, 0.15) is 49.3 Å². The average molecular weight is 433 g/mol. The third kappa shape index (κ3) is 3.77. The Hall–Kier alpha value is -2.23. The largest absolute Gasteiger partial charge is 0.393 e. The van der Waals surface area contributed by atoms with Gasteiger partial charge in [-0.3, -0.25) is 9.36 Å². The van der Waals surface area contributed by atoms with E-state index in [9.17, 15) is 18.3 Å². The van der Waals surface area contributed by atoms with Crippen LogP contribution in [0.3, 0.4) is 0 Å². The minimum atomic E-state index is -3.70. The highest BCUT2D eigenvalue weighted by molar-refractivity contribution is 7.89. The van der Waals surface area contributed by atoms with Crippen LogP contribution in [-0.4, -0.2) is 63.9 Å². The number of nitrogens with zero attached hydrogens (tertiary/aromatic N) is 4. The first-order valence-electron chi connectivity index (χ1n) is 10.4. The molecule has 0 aliphatic carbocycles. The molecular formula is C21H28N4O4S. The van der Waals surface area contributed by atoms with Gasteiger partial charge in [-0.1, -0.05) is 26.0 Å². The first-order valence-corrected chi connectivity index (χ1v) is 11.9. The maximum Gasteiger partial charge on any atom is 0.274 e. The highest BCUT2D eigenvalue weighted by Gasteiger charge is 2.36. The number of carbonyl (C=O) groups is 1. The number of carbonyl (C=O) groups excluding carboxylic acids is 1. The Labute approximate surface area is 177 Å². The topological polar surface area (TPSA) is 95.7 Å². The Kier molecular flexibility index (Phi) is 5.69. The lowest BCUT2D eigenvalue weighted by atomic mass is 10.1. The molecule has 0 radical (unpaired) electrons. The Morgan fingerprint density at radius 1 is 1.23 bits per heavy atom. The van der Waals surface area contributed by atoms with Crippen molar-refractivity contribution in [2.75, 3.05) is 19.6 Å². The van der Waals surface area contributed by atoms with Crippen molar-refractivity contribution in [3.05, 3.63) is 42.0 Å². The summed E-state index contributed by atoms with van der Waals surface area (Å²) in [5.74, 6) is 0.140. The fraction of sp³-hybridized carbons (Fsp3) is 0.524. The molecule has 1 amide bonds. The van der Waals surface area contributed by atoms with Gasteiger partial charge in [0.05, 0.1) is 24.0 Å². The molecule has 1 N–H and O–H groups in total. The number of sulfonamides is 1. The molecule has 1 aromatic carbocycles. The van der Waals surface area contributed by atoms with Gasteiger partial charge in [0.25, 0.3) is 5.91 Å². The van der Waals surface area contributed by atoms with Gasteiger partial charge in [0.2, 0.25) is 10.0 Å². The molecule has 162 valence electrons. The monoisotopic (exact) mass is 432 g/mol. The summed E-state index contributed by atoms with van der Waals surface area (Å²) in [6.07, 6.45) is 2.97. The molecule has 3 heterocycles. The fourth-order valence-corrected chi connectivity index (χ4v) is 5.59. The van der Waals surface area contributed by atoms with Gasteiger partial charge in [0.15, 0.2) is 5.69 Å². The molecule has 0 atom stereocenters. The van der Waals surface area contributed by atoms with E-state index in [2.05, 4.69) is 18.8 Å². The van der Waals surface area contributed by atoms with E-state index >= 15 is 0 Å². The third-order valence-electron chi connectivity index (χ3n) is 5.85. The lowest BCUT2D eigenvalue weighted by Crippen LogP contribution is -2.41. The zero-order valence-corrected chi connectivity index (χ0v) is 18.2. The van der Waals surface area contributed by atoms with Crippen molar-refractivity contribution in [3.63, 3.8) is 0 Å². The lowest BCUT2D eigenvalue weighted by molar-refractivity contribution is 0.0540. The van der Waals surface area contributed by atoms with Crippen LogP contribution in [0.25, 0.3) is 5.69 Å². The van der Waals surface area contributed by atoms with Crippen LogP contribution in [0.5, 0.6) is 0 Å². The summed E-state index contributed by atoms with van der Waals surface area (Å²) < 4.78 is 30.0. The van der Waals surface area contributed by atoms with E-state index in [1.54, 1.807) is 40.1 Å². The maximum atomic E-state index is 13.4. The molecule has 1 fully saturated rings. The molecule has 1 aromatic heterocycles. The predicted octanol–water partition coefficient (Wildman–Crippen LogP) is 2.02. The fourth-order valence-electron chi connectivity index (χ4n) is 4.00. The summed E-state index contributed by atoms with van der Waals surface area (Å²) in [6.45, 7) is 5.53. The van der Waals surface area contributed by atoms with Gasteiger partial charge in [-0.05, 0) is 37.3 Å². The molecule has 0 saturated carbocycles. The van der Waals surface area contributed by atoms with E-state index < -0.39 is 10.0 Å². The Morgan fingerprint density at radius 3 is 2.63 bits per heavy atom. The Balaban J connectivity index is 1.77. The average Bonchev–Trinajstić information content (AvgIpc) is 3.10. The van der Waals surface area contributed by atoms with Crippen molar-refractivity contribution in [2.24, 2.45) is 5.92 Å². The highest BCUT2D eigenvalue weighted by Crippen LogP contribution is 2.32. The number of likely N-dealkylation sites (tertiary alicyclic amines) is 1. The number of aromatic nitrogens is 2. The van der Waals surface area contributed by atoms with Gasteiger partial charge >= 0.3 is 0 Å². The number of rotatable bonds is 4. The number of aliphatic hydroxyl groups excluding tert-OH is 1. The molecule has 9 heteroatoms. The van der Waals surface area contributed by atoms with Crippen LogP contribution in [0.4, 0.5) is 0 Å². The smallest absolute Gasteiger partial charge is 0.274 e. The number of piperidine rings is 1. The first kappa shape index (κ1) is 21.0. The van der Waals surface area contributed by atoms with Gasteiger partial charge in [0.1, 0.15) is 11.2 Å². The van der Waals surface area contributed by atoms with E-state index in [-0.39, 0.29) is 29.1 Å². The standard InChI is InChI=1S/C21H28N4O4S/c1-15(2)7-12-24-13-18-20(21(27)23-10-8-16(26)9-11-23)22-14-25(18)17-5-3-4-6-19(17)30(24,28)29/h3-6,14-16,26H,7-13H2,1-2H3. The number of fused-ring (bicyclic) bond motifs is 3. The molecule has 1 saturated heterocycles. The minimum absolute atomic E-state index is 0.0985. The lowest BCUT2D eigenvalue weighted by Gasteiger charge is -2.29. The molecule has 8 nitrogen and oxygen atoms in total. The molecular weight excluding hydrogens is 404 g/mol. The molecule has 4 rings (SSSR count). The molecule has 0 spiro atoms. The van der Waals surface area contributed by atoms with Crippen LogP contribution in [0.15, 0.2) is 35.5 Å². The van der Waals surface area contributed by atoms with Crippen molar-refractivity contribution in [2.45, 2.75) is 50.7 Å². The number of hydrogen-bond acceptors (Lipinski definition) is 5. The van der Waals surface area contributed by atoms with E-state index in [1.165, 1.54) is 4.31 Å². The van der Waals surface area contributed by atoms with Crippen LogP contribution in [-0.2, 0) is 16.6 Å². The number of imidazole rings is 1. The summed E-state index contributed by atoms with van der Waals surface area (Å²) in [5, 5.41) is 9.74. The Morgan fingerprint density at radius 2 is 1.93 bits per heavy atom. The quantitative estimate of drug-likeness (QED) is 0.797. The van der Waals surface area contributed by atoms with E-state index in [4.69, 9.17) is 0 Å². The highest BCUT2D eigenvalue weighted by atomic mass is 32.2. The summed E-state index contributed by atoms with van der Waals surface area (Å²) in [7, 11) is -3.70. The molecule has 30 heavy (non-hydrogen) atoms. The summed E-state index contributed by atoms with van der Waals surface area (Å²) >= 11 is 0. The number of benzene rings is 1. The van der Waals surface area contributed by atoms with Crippen LogP contribution < -0.4 is 0 Å². The SMILES string of the molecule is CC(C)CCN1Cc2c(C(=O)N3CCC(O)CC3)ncn2-c2ccccc2S1(=O)=O. The van der Waals surface area contributed by atoms with Gasteiger partial charge in [-0.25, -0.2) is 13.4 Å². The van der Waals surface area contributed by atoms with Crippen molar-refractivity contribution in [1.82, 2.24) is 18.8 Å². The zero-order valence-electron chi connectivity index (χ0n) is 17.4. The number of hydrogen-bond donors (Lipinski definition) is 1. The second-order valence-corrected chi connectivity index (χ2v) is 10.3. The van der Waals surface area contributed by atoms with Crippen molar-refractivity contribution in [1.29, 1.82) is 0 Å². The van der Waals surface area contributed by atoms with Crippen LogP contribution >= 0.6 is 0 Å². The van der Waals surface area contributed by atoms with Gasteiger partial charge in [-0.15, -0.1) is 0 Å². The van der Waals surface area contributed by atoms with E-state index in [0.717, 1.165) is 6.42 Å². The summed E-state index contributed by atoms with van der Waals surface area (Å²) in [6, 6.07) is 6.85. The van der Waals surface area contributed by atoms with E-state index in [0.29, 0.717) is 49.8 Å². The summed E-state index contributed by atoms with van der Waals surface area (Å²) in [4.78, 5) is 19.5. The van der Waals surface area contributed by atoms with Crippen molar-refractivity contribution in [3.8, 4) is 5.69 Å². The summed E-state index contributed by atoms with van der Waals surface area (Å²) in [5.41, 5.74) is 1.39. The van der Waals surface area contributed by atoms with Crippen LogP contribution in [0.2, 0.25) is 0 Å². The maximum absolute atomic E-state index is 13.4. The second-order valence-electron chi connectivity index (χ2n) is 8.42. The molecule has 2 aliphatic heterocycles. The zero-order chi connectivity index (χ0) is 21.5. The van der Waals surface area contributed by atoms with Gasteiger partial charge < -0.3 is 10.0 Å². The number of para-hydroxylation sites is 1. The predicted molar refractivity (Wildman–Crippen MR) is 112 cm³/mol. The third-order valence-corrected chi connectivity index (χ3v) is 7.74. The van der Waals surface area contributed by atoms with Crippen molar-refractivity contribution >= 4 is 15.9 Å². The molecule has 2 aromatic rings. The molecule has 0 bridgehead atoms. The Bertz CT molecular complexity index is 1040. The first-order chi connectivity index (χ1) is 14.3. The second kappa shape index (κ2) is 8.13. The molecule has 0 unspecified atom stereocenters. The molecule has 2 aliphatic rings. The number of amides is 1. The number of aliphatic hydroxyl groups is 1. The van der Waals surface area contributed by atoms with Crippen LogP contribution in [0, 0.1) is 5.92 Å². The van der Waals surface area contributed by atoms with Gasteiger partial charge in [-0.2, -0.15) is 4.31 Å². The van der Waals surface area contributed by atoms with E-state index in [1.807, 2.05) is 0 Å². The normalized spacial score (nSPS) is 19.4. The van der Waals surface area contributed by atoms with Gasteiger partial charge in [0, 0.05) is 19.6 Å².